The first-order valence-corrected chi connectivity index (χ1v) is 4.64. The van der Waals surface area contributed by atoms with Gasteiger partial charge in [0.15, 0.2) is 0 Å². The highest BCUT2D eigenvalue weighted by Gasteiger charge is 1.97. The van der Waals surface area contributed by atoms with Gasteiger partial charge in [-0.3, -0.25) is 4.98 Å². The first-order chi connectivity index (χ1) is 6.34. The molecule has 1 rings (SSSR count). The zero-order valence-corrected chi connectivity index (χ0v) is 7.74. The van der Waals surface area contributed by atoms with Crippen LogP contribution in [0.4, 0.5) is 5.69 Å². The van der Waals surface area contributed by atoms with Crippen molar-refractivity contribution in [3.63, 3.8) is 0 Å². The van der Waals surface area contributed by atoms with E-state index in [4.69, 9.17) is 10.8 Å². The summed E-state index contributed by atoms with van der Waals surface area (Å²) in [5, 5.41) is 8.58. The maximum Gasteiger partial charge on any atom is 0.0533 e. The van der Waals surface area contributed by atoms with Crippen LogP contribution in [0.5, 0.6) is 0 Å². The summed E-state index contributed by atoms with van der Waals surface area (Å²) in [6.45, 7) is 0.284. The highest BCUT2D eigenvalue weighted by atomic mass is 16.2. The Kier molecular flexibility index (Phi) is 4.26. The van der Waals surface area contributed by atoms with Gasteiger partial charge in [-0.25, -0.2) is 0 Å². The second-order valence-corrected chi connectivity index (χ2v) is 3.11. The minimum atomic E-state index is 0.284. The standard InChI is InChI=1S/C10H16N2O/c11-10-8-12-6-5-9(10)4-2-1-3-7-13/h5-6,8,13H,1-4,7,11H2. The quantitative estimate of drug-likeness (QED) is 0.673. The number of nitrogens with zero attached hydrogens (tertiary/aromatic N) is 1. The summed E-state index contributed by atoms with van der Waals surface area (Å²) >= 11 is 0. The summed E-state index contributed by atoms with van der Waals surface area (Å²) in [5.41, 5.74) is 7.65. The predicted molar refractivity (Wildman–Crippen MR) is 53.3 cm³/mol. The van der Waals surface area contributed by atoms with Gasteiger partial charge in [-0.05, 0) is 30.9 Å². The number of nitrogen functional groups attached to an aromatic ring is 1. The van der Waals surface area contributed by atoms with Crippen LogP contribution in [0.3, 0.4) is 0 Å². The monoisotopic (exact) mass is 180 g/mol. The van der Waals surface area contributed by atoms with Crippen LogP contribution in [0, 0.1) is 0 Å². The zero-order chi connectivity index (χ0) is 9.52. The fourth-order valence-corrected chi connectivity index (χ4v) is 1.27. The first-order valence-electron chi connectivity index (χ1n) is 4.64. The van der Waals surface area contributed by atoms with Gasteiger partial charge in [0, 0.05) is 12.8 Å². The van der Waals surface area contributed by atoms with Crippen LogP contribution in [-0.2, 0) is 6.42 Å². The third-order valence-corrected chi connectivity index (χ3v) is 2.05. The molecule has 0 saturated heterocycles. The number of aromatic nitrogens is 1. The number of aliphatic hydroxyl groups excluding tert-OH is 1. The third kappa shape index (κ3) is 3.42. The number of aryl methyl sites for hydroxylation is 1. The van der Waals surface area contributed by atoms with Crippen molar-refractivity contribution in [2.75, 3.05) is 12.3 Å². The molecule has 3 heteroatoms. The molecule has 0 spiro atoms. The molecule has 1 aromatic rings. The largest absolute Gasteiger partial charge is 0.397 e. The fraction of sp³-hybridized carbons (Fsp3) is 0.500. The molecule has 1 aromatic heterocycles. The van der Waals surface area contributed by atoms with Gasteiger partial charge >= 0.3 is 0 Å². The summed E-state index contributed by atoms with van der Waals surface area (Å²) in [6.07, 6.45) is 7.44. The molecular formula is C10H16N2O. The van der Waals surface area contributed by atoms with Crippen LogP contribution < -0.4 is 5.73 Å². The highest BCUT2D eigenvalue weighted by Crippen LogP contribution is 2.12. The lowest BCUT2D eigenvalue weighted by molar-refractivity contribution is 0.283. The predicted octanol–water partition coefficient (Wildman–Crippen LogP) is 1.37. The van der Waals surface area contributed by atoms with Crippen molar-refractivity contribution in [3.8, 4) is 0 Å². The molecule has 0 saturated carbocycles. The van der Waals surface area contributed by atoms with Crippen molar-refractivity contribution in [2.45, 2.75) is 25.7 Å². The molecule has 3 nitrogen and oxygen atoms in total. The van der Waals surface area contributed by atoms with Crippen LogP contribution in [0.25, 0.3) is 0 Å². The number of unbranched alkanes of at least 4 members (excludes halogenated alkanes) is 2. The van der Waals surface area contributed by atoms with E-state index in [0.29, 0.717) is 0 Å². The Morgan fingerprint density at radius 2 is 2.15 bits per heavy atom. The van der Waals surface area contributed by atoms with Gasteiger partial charge in [-0.15, -0.1) is 0 Å². The molecule has 72 valence electrons. The third-order valence-electron chi connectivity index (χ3n) is 2.05. The van der Waals surface area contributed by atoms with Gasteiger partial charge in [0.25, 0.3) is 0 Å². The Morgan fingerprint density at radius 1 is 1.31 bits per heavy atom. The lowest BCUT2D eigenvalue weighted by Gasteiger charge is -2.03. The summed E-state index contributed by atoms with van der Waals surface area (Å²) in [6, 6.07) is 1.95. The summed E-state index contributed by atoms with van der Waals surface area (Å²) in [4.78, 5) is 3.92. The molecule has 0 bridgehead atoms. The first kappa shape index (κ1) is 9.99. The van der Waals surface area contributed by atoms with Gasteiger partial charge < -0.3 is 10.8 Å². The van der Waals surface area contributed by atoms with E-state index in [0.717, 1.165) is 36.9 Å². The van der Waals surface area contributed by atoms with Gasteiger partial charge in [-0.2, -0.15) is 0 Å². The highest BCUT2D eigenvalue weighted by molar-refractivity contribution is 5.43. The molecule has 0 aliphatic heterocycles. The van der Waals surface area contributed by atoms with Gasteiger partial charge in [0.05, 0.1) is 11.9 Å². The lowest BCUT2D eigenvalue weighted by Crippen LogP contribution is -1.95. The van der Waals surface area contributed by atoms with Crippen LogP contribution in [-0.4, -0.2) is 16.7 Å². The number of anilines is 1. The SMILES string of the molecule is Nc1cnccc1CCCCCO. The second-order valence-electron chi connectivity index (χ2n) is 3.11. The molecule has 0 amide bonds. The maximum absolute atomic E-state index is 8.58. The van der Waals surface area contributed by atoms with E-state index in [9.17, 15) is 0 Å². The summed E-state index contributed by atoms with van der Waals surface area (Å²) < 4.78 is 0. The molecule has 0 aliphatic rings. The average molecular weight is 180 g/mol. The molecule has 1 heterocycles. The molecule has 0 unspecified atom stereocenters. The van der Waals surface area contributed by atoms with E-state index in [-0.39, 0.29) is 6.61 Å². The van der Waals surface area contributed by atoms with Crippen molar-refractivity contribution in [3.05, 3.63) is 24.0 Å². The van der Waals surface area contributed by atoms with E-state index < -0.39 is 0 Å². The van der Waals surface area contributed by atoms with E-state index in [1.807, 2.05) is 6.07 Å². The molecule has 0 fully saturated rings. The number of rotatable bonds is 5. The minimum Gasteiger partial charge on any atom is -0.397 e. The fourth-order valence-electron chi connectivity index (χ4n) is 1.27. The zero-order valence-electron chi connectivity index (χ0n) is 7.74. The molecule has 0 atom stereocenters. The van der Waals surface area contributed by atoms with E-state index in [2.05, 4.69) is 4.98 Å². The number of aliphatic hydroxyl groups is 1. The normalized spacial score (nSPS) is 10.2. The van der Waals surface area contributed by atoms with E-state index in [1.54, 1.807) is 12.4 Å². The smallest absolute Gasteiger partial charge is 0.0533 e. The number of nitrogens with two attached hydrogens (primary N) is 1. The Balaban J connectivity index is 2.32. The van der Waals surface area contributed by atoms with E-state index >= 15 is 0 Å². The molecule has 0 aliphatic carbocycles. The van der Waals surface area contributed by atoms with Gasteiger partial charge in [0.2, 0.25) is 0 Å². The summed E-state index contributed by atoms with van der Waals surface area (Å²) in [7, 11) is 0. The number of hydrogen-bond donors (Lipinski definition) is 2. The van der Waals surface area contributed by atoms with Crippen LogP contribution in [0.2, 0.25) is 0 Å². The van der Waals surface area contributed by atoms with E-state index in [1.165, 1.54) is 0 Å². The maximum atomic E-state index is 8.58. The topological polar surface area (TPSA) is 59.1 Å². The lowest BCUT2D eigenvalue weighted by atomic mass is 10.1. The number of hydrogen-bond acceptors (Lipinski definition) is 3. The van der Waals surface area contributed by atoms with Crippen LogP contribution in [0.15, 0.2) is 18.5 Å². The number of pyridine rings is 1. The van der Waals surface area contributed by atoms with Crippen LogP contribution >= 0.6 is 0 Å². The van der Waals surface area contributed by atoms with Crippen molar-refractivity contribution in [1.29, 1.82) is 0 Å². The van der Waals surface area contributed by atoms with Crippen molar-refractivity contribution < 1.29 is 5.11 Å². The van der Waals surface area contributed by atoms with Gasteiger partial charge in [0.1, 0.15) is 0 Å². The minimum absolute atomic E-state index is 0.284. The van der Waals surface area contributed by atoms with Crippen molar-refractivity contribution in [2.24, 2.45) is 0 Å². The average Bonchev–Trinajstić information content (AvgIpc) is 2.15. The molecule has 0 radical (unpaired) electrons. The molecule has 3 N–H and O–H groups in total. The van der Waals surface area contributed by atoms with Crippen LogP contribution in [0.1, 0.15) is 24.8 Å². The van der Waals surface area contributed by atoms with Crippen molar-refractivity contribution in [1.82, 2.24) is 4.98 Å². The Bertz CT molecular complexity index is 250. The molecule has 0 aromatic carbocycles. The molecule has 13 heavy (non-hydrogen) atoms. The second kappa shape index (κ2) is 5.54. The Hall–Kier alpha value is -1.09. The molecular weight excluding hydrogens is 164 g/mol. The van der Waals surface area contributed by atoms with Crippen molar-refractivity contribution >= 4 is 5.69 Å². The van der Waals surface area contributed by atoms with Gasteiger partial charge in [-0.1, -0.05) is 6.42 Å². The summed E-state index contributed by atoms with van der Waals surface area (Å²) in [5.74, 6) is 0. The Labute approximate surface area is 78.6 Å². The Morgan fingerprint density at radius 3 is 2.85 bits per heavy atom.